The number of aryl methyl sites for hydroxylation is 1. The van der Waals surface area contributed by atoms with Crippen molar-refractivity contribution in [1.82, 2.24) is 24.9 Å². The molecule has 0 aliphatic carbocycles. The van der Waals surface area contributed by atoms with E-state index in [0.717, 1.165) is 28.7 Å². The highest BCUT2D eigenvalue weighted by Gasteiger charge is 2.15. The summed E-state index contributed by atoms with van der Waals surface area (Å²) in [6, 6.07) is 15.6. The highest BCUT2D eigenvalue weighted by Crippen LogP contribution is 2.27. The second-order valence-electron chi connectivity index (χ2n) is 6.23. The Hall–Kier alpha value is -2.64. The second kappa shape index (κ2) is 8.16. The Morgan fingerprint density at radius 2 is 1.89 bits per heavy atom. The molecule has 0 radical (unpaired) electrons. The van der Waals surface area contributed by atoms with Crippen molar-refractivity contribution in [3.05, 3.63) is 64.9 Å². The number of hydrogen-bond donors (Lipinski definition) is 0. The first-order valence-electron chi connectivity index (χ1n) is 8.85. The molecule has 0 amide bonds. The Balaban J connectivity index is 1.51. The van der Waals surface area contributed by atoms with Gasteiger partial charge in [0.25, 0.3) is 5.89 Å². The predicted molar refractivity (Wildman–Crippen MR) is 110 cm³/mol. The molecular weight excluding hydrogens is 394 g/mol. The number of benzene rings is 2. The summed E-state index contributed by atoms with van der Waals surface area (Å²) >= 11 is 7.56. The van der Waals surface area contributed by atoms with Crippen LogP contribution in [0.15, 0.2) is 58.2 Å². The average Bonchev–Trinajstić information content (AvgIpc) is 3.33. The van der Waals surface area contributed by atoms with Crippen molar-refractivity contribution in [2.75, 3.05) is 0 Å². The van der Waals surface area contributed by atoms with Crippen LogP contribution in [0.4, 0.5) is 0 Å². The molecule has 2 aromatic heterocycles. The molecule has 8 heteroatoms. The fourth-order valence-corrected chi connectivity index (χ4v) is 3.89. The summed E-state index contributed by atoms with van der Waals surface area (Å²) in [5.74, 6) is 2.45. The maximum atomic E-state index is 6.03. The standard InChI is InChI=1S/C20H18ClN5OS/c1-3-26-18(14-7-4-6-13(2)10-14)23-24-20(26)28-12-17-22-19(27-25-17)15-8-5-9-16(21)11-15/h4-11H,3,12H2,1-2H3. The first-order chi connectivity index (χ1) is 13.6. The number of hydrogen-bond acceptors (Lipinski definition) is 6. The molecule has 2 aromatic carbocycles. The second-order valence-corrected chi connectivity index (χ2v) is 7.61. The van der Waals surface area contributed by atoms with Gasteiger partial charge in [-0.25, -0.2) is 0 Å². The molecule has 0 aliphatic heterocycles. The minimum Gasteiger partial charge on any atom is -0.334 e. The van der Waals surface area contributed by atoms with E-state index in [1.54, 1.807) is 6.07 Å². The summed E-state index contributed by atoms with van der Waals surface area (Å²) < 4.78 is 7.46. The van der Waals surface area contributed by atoms with Gasteiger partial charge in [-0.1, -0.05) is 58.3 Å². The molecular formula is C20H18ClN5OS. The Labute approximate surface area is 172 Å². The Morgan fingerprint density at radius 1 is 1.07 bits per heavy atom. The minimum atomic E-state index is 0.454. The van der Waals surface area contributed by atoms with Crippen LogP contribution >= 0.6 is 23.4 Å². The average molecular weight is 412 g/mol. The van der Waals surface area contributed by atoms with Crippen LogP contribution < -0.4 is 0 Å². The van der Waals surface area contributed by atoms with Crippen molar-refractivity contribution in [3.63, 3.8) is 0 Å². The van der Waals surface area contributed by atoms with Gasteiger partial charge in [0.1, 0.15) is 0 Å². The first-order valence-corrected chi connectivity index (χ1v) is 10.2. The van der Waals surface area contributed by atoms with E-state index in [9.17, 15) is 0 Å². The van der Waals surface area contributed by atoms with Gasteiger partial charge in [0, 0.05) is 22.7 Å². The van der Waals surface area contributed by atoms with Crippen LogP contribution in [-0.4, -0.2) is 24.9 Å². The van der Waals surface area contributed by atoms with Crippen molar-refractivity contribution in [2.45, 2.75) is 31.3 Å². The lowest BCUT2D eigenvalue weighted by atomic mass is 10.1. The number of aromatic nitrogens is 5. The highest BCUT2D eigenvalue weighted by molar-refractivity contribution is 7.98. The van der Waals surface area contributed by atoms with Crippen LogP contribution in [0.25, 0.3) is 22.8 Å². The Morgan fingerprint density at radius 3 is 2.68 bits per heavy atom. The van der Waals surface area contributed by atoms with E-state index in [4.69, 9.17) is 16.1 Å². The molecule has 0 N–H and O–H groups in total. The summed E-state index contributed by atoms with van der Waals surface area (Å²) in [6.07, 6.45) is 0. The number of thioether (sulfide) groups is 1. The van der Waals surface area contributed by atoms with Gasteiger partial charge in [-0.05, 0) is 38.1 Å². The topological polar surface area (TPSA) is 69.6 Å². The van der Waals surface area contributed by atoms with Gasteiger partial charge in [-0.3, -0.25) is 0 Å². The SMILES string of the molecule is CCn1c(SCc2noc(-c3cccc(Cl)c3)n2)nnc1-c1cccc(C)c1. The molecule has 28 heavy (non-hydrogen) atoms. The summed E-state index contributed by atoms with van der Waals surface area (Å²) in [7, 11) is 0. The third kappa shape index (κ3) is 3.95. The predicted octanol–water partition coefficient (Wildman–Crippen LogP) is 5.27. The van der Waals surface area contributed by atoms with E-state index in [1.807, 2.05) is 30.3 Å². The van der Waals surface area contributed by atoms with Gasteiger partial charge in [0.15, 0.2) is 16.8 Å². The first kappa shape index (κ1) is 18.7. The van der Waals surface area contributed by atoms with Crippen molar-refractivity contribution in [1.29, 1.82) is 0 Å². The molecule has 0 atom stereocenters. The maximum absolute atomic E-state index is 6.03. The Bertz CT molecular complexity index is 1110. The van der Waals surface area contributed by atoms with Crippen LogP contribution in [0.2, 0.25) is 5.02 Å². The quantitative estimate of drug-likeness (QED) is 0.402. The van der Waals surface area contributed by atoms with Crippen LogP contribution in [0.1, 0.15) is 18.3 Å². The van der Waals surface area contributed by atoms with E-state index >= 15 is 0 Å². The van der Waals surface area contributed by atoms with E-state index in [2.05, 4.69) is 50.9 Å². The van der Waals surface area contributed by atoms with Crippen molar-refractivity contribution < 1.29 is 4.52 Å². The molecule has 0 fully saturated rings. The van der Waals surface area contributed by atoms with Gasteiger partial charge in [0.2, 0.25) is 0 Å². The number of rotatable bonds is 6. The molecule has 2 heterocycles. The third-order valence-corrected chi connectivity index (χ3v) is 5.38. The fraction of sp³-hybridized carbons (Fsp3) is 0.200. The van der Waals surface area contributed by atoms with Crippen LogP contribution in [0, 0.1) is 6.92 Å². The van der Waals surface area contributed by atoms with Crippen molar-refractivity contribution >= 4 is 23.4 Å². The molecule has 142 valence electrons. The van der Waals surface area contributed by atoms with E-state index in [-0.39, 0.29) is 0 Å². The van der Waals surface area contributed by atoms with Gasteiger partial charge in [-0.2, -0.15) is 4.98 Å². The van der Waals surface area contributed by atoms with E-state index in [1.165, 1.54) is 17.3 Å². The molecule has 0 aliphatic rings. The van der Waals surface area contributed by atoms with Crippen molar-refractivity contribution in [3.8, 4) is 22.8 Å². The van der Waals surface area contributed by atoms with Crippen LogP contribution in [0.3, 0.4) is 0 Å². The largest absolute Gasteiger partial charge is 0.334 e. The third-order valence-electron chi connectivity index (χ3n) is 4.18. The normalized spacial score (nSPS) is 11.1. The number of halogens is 1. The van der Waals surface area contributed by atoms with Gasteiger partial charge in [-0.15, -0.1) is 10.2 Å². The molecule has 0 saturated heterocycles. The molecule has 0 spiro atoms. The highest BCUT2D eigenvalue weighted by atomic mass is 35.5. The monoisotopic (exact) mass is 411 g/mol. The van der Waals surface area contributed by atoms with Gasteiger partial charge >= 0.3 is 0 Å². The van der Waals surface area contributed by atoms with Crippen molar-refractivity contribution in [2.24, 2.45) is 0 Å². The molecule has 0 saturated carbocycles. The molecule has 0 bridgehead atoms. The van der Waals surface area contributed by atoms with Gasteiger partial charge in [0.05, 0.1) is 5.75 Å². The summed E-state index contributed by atoms with van der Waals surface area (Å²) in [6.45, 7) is 4.93. The summed E-state index contributed by atoms with van der Waals surface area (Å²) in [4.78, 5) is 4.45. The Kier molecular flexibility index (Phi) is 5.45. The lowest BCUT2D eigenvalue weighted by molar-refractivity contribution is 0.425. The fourth-order valence-electron chi connectivity index (χ4n) is 2.86. The maximum Gasteiger partial charge on any atom is 0.258 e. The number of nitrogens with zero attached hydrogens (tertiary/aromatic N) is 5. The zero-order valence-corrected chi connectivity index (χ0v) is 17.0. The molecule has 4 rings (SSSR count). The van der Waals surface area contributed by atoms with E-state index < -0.39 is 0 Å². The minimum absolute atomic E-state index is 0.454. The van der Waals surface area contributed by atoms with E-state index in [0.29, 0.717) is 22.5 Å². The zero-order chi connectivity index (χ0) is 19.5. The molecule has 0 unspecified atom stereocenters. The molecule has 6 nitrogen and oxygen atoms in total. The van der Waals surface area contributed by atoms with Gasteiger partial charge < -0.3 is 9.09 Å². The summed E-state index contributed by atoms with van der Waals surface area (Å²) in [5, 5.41) is 14.3. The lowest BCUT2D eigenvalue weighted by Crippen LogP contribution is -2.00. The van der Waals surface area contributed by atoms with Crippen LogP contribution in [-0.2, 0) is 12.3 Å². The smallest absolute Gasteiger partial charge is 0.258 e. The summed E-state index contributed by atoms with van der Waals surface area (Å²) in [5.41, 5.74) is 3.05. The zero-order valence-electron chi connectivity index (χ0n) is 15.5. The molecule has 4 aromatic rings. The lowest BCUT2D eigenvalue weighted by Gasteiger charge is -2.07. The van der Waals surface area contributed by atoms with Crippen LogP contribution in [0.5, 0.6) is 0 Å².